The van der Waals surface area contributed by atoms with E-state index < -0.39 is 5.91 Å². The SMILES string of the molecule is CN(C)c1cc(Cl)cc(C(=O)Nc2ccc(Cl)cc2)c1N(F)c1ccc(S)cc1. The molecule has 0 radical (unpaired) electrons. The zero-order valence-electron chi connectivity index (χ0n) is 15.7. The lowest BCUT2D eigenvalue weighted by Crippen LogP contribution is -2.20. The molecule has 3 aromatic carbocycles. The number of halogens is 3. The molecule has 0 heterocycles. The van der Waals surface area contributed by atoms with Gasteiger partial charge in [0.1, 0.15) is 5.69 Å². The molecule has 3 rings (SSSR count). The second-order valence-electron chi connectivity index (χ2n) is 6.47. The summed E-state index contributed by atoms with van der Waals surface area (Å²) in [5, 5.41) is 4.08. The lowest BCUT2D eigenvalue weighted by atomic mass is 10.1. The minimum Gasteiger partial charge on any atom is -0.376 e. The highest BCUT2D eigenvalue weighted by molar-refractivity contribution is 7.80. The van der Waals surface area contributed by atoms with E-state index in [0.717, 1.165) is 0 Å². The number of hydrogen-bond donors (Lipinski definition) is 2. The summed E-state index contributed by atoms with van der Waals surface area (Å²) in [4.78, 5) is 15.4. The molecule has 1 N–H and O–H groups in total. The van der Waals surface area contributed by atoms with Gasteiger partial charge in [-0.05, 0) is 60.7 Å². The lowest BCUT2D eigenvalue weighted by Gasteiger charge is -2.25. The molecule has 0 spiro atoms. The Morgan fingerprint density at radius 2 is 1.59 bits per heavy atom. The number of nitrogens with one attached hydrogen (secondary N) is 1. The molecule has 0 bridgehead atoms. The maximum atomic E-state index is 15.5. The van der Waals surface area contributed by atoms with Gasteiger partial charge in [-0.15, -0.1) is 12.6 Å². The molecule has 1 amide bonds. The molecule has 3 aromatic rings. The first-order chi connectivity index (χ1) is 13.8. The zero-order chi connectivity index (χ0) is 21.1. The molecule has 0 aliphatic heterocycles. The smallest absolute Gasteiger partial charge is 0.258 e. The number of carbonyl (C=O) groups excluding carboxylic acids is 1. The first-order valence-electron chi connectivity index (χ1n) is 8.59. The number of benzene rings is 3. The van der Waals surface area contributed by atoms with Crippen LogP contribution in [0, 0.1) is 0 Å². The average Bonchev–Trinajstić information content (AvgIpc) is 2.69. The van der Waals surface area contributed by atoms with Crippen molar-refractivity contribution in [1.82, 2.24) is 0 Å². The van der Waals surface area contributed by atoms with E-state index in [0.29, 0.717) is 31.4 Å². The fraction of sp³-hybridized carbons (Fsp3) is 0.0952. The number of hydrogen-bond acceptors (Lipinski definition) is 4. The number of amides is 1. The fourth-order valence-corrected chi connectivity index (χ4v) is 3.24. The van der Waals surface area contributed by atoms with Gasteiger partial charge in [0.2, 0.25) is 0 Å². The van der Waals surface area contributed by atoms with E-state index in [2.05, 4.69) is 17.9 Å². The van der Waals surface area contributed by atoms with Gasteiger partial charge in [0, 0.05) is 34.7 Å². The van der Waals surface area contributed by atoms with Crippen molar-refractivity contribution in [2.45, 2.75) is 4.90 Å². The minimum atomic E-state index is -0.499. The molecular weight excluding hydrogens is 432 g/mol. The molecule has 0 aliphatic rings. The van der Waals surface area contributed by atoms with Crippen LogP contribution in [0.25, 0.3) is 0 Å². The Morgan fingerprint density at radius 3 is 2.17 bits per heavy atom. The quantitative estimate of drug-likeness (QED) is 0.339. The van der Waals surface area contributed by atoms with Crippen LogP contribution in [0.2, 0.25) is 10.0 Å². The van der Waals surface area contributed by atoms with Crippen LogP contribution >= 0.6 is 35.8 Å². The van der Waals surface area contributed by atoms with Crippen molar-refractivity contribution in [3.05, 3.63) is 76.3 Å². The number of thiol groups is 1. The molecule has 0 fully saturated rings. The van der Waals surface area contributed by atoms with E-state index in [1.807, 2.05) is 0 Å². The van der Waals surface area contributed by atoms with Crippen LogP contribution in [0.1, 0.15) is 10.4 Å². The van der Waals surface area contributed by atoms with Crippen LogP contribution in [0.3, 0.4) is 0 Å². The molecule has 4 nitrogen and oxygen atoms in total. The van der Waals surface area contributed by atoms with Gasteiger partial charge in [0.25, 0.3) is 5.91 Å². The van der Waals surface area contributed by atoms with Crippen molar-refractivity contribution in [2.75, 3.05) is 29.4 Å². The number of rotatable bonds is 5. The van der Waals surface area contributed by atoms with Crippen molar-refractivity contribution in [3.8, 4) is 0 Å². The topological polar surface area (TPSA) is 35.6 Å². The molecule has 0 aromatic heterocycles. The summed E-state index contributed by atoms with van der Waals surface area (Å²) in [5.74, 6) is -0.499. The third-order valence-electron chi connectivity index (χ3n) is 4.16. The first kappa shape index (κ1) is 21.3. The van der Waals surface area contributed by atoms with Crippen molar-refractivity contribution < 1.29 is 9.28 Å². The molecule has 0 unspecified atom stereocenters. The van der Waals surface area contributed by atoms with Crippen LogP contribution in [0.5, 0.6) is 0 Å². The Kier molecular flexibility index (Phi) is 6.57. The normalized spacial score (nSPS) is 10.6. The zero-order valence-corrected chi connectivity index (χ0v) is 18.1. The number of carbonyl (C=O) groups is 1. The van der Waals surface area contributed by atoms with Crippen LogP contribution < -0.4 is 15.3 Å². The molecular formula is C21H18Cl2FN3OS. The predicted molar refractivity (Wildman–Crippen MR) is 122 cm³/mol. The third kappa shape index (κ3) is 4.96. The molecule has 0 saturated heterocycles. The van der Waals surface area contributed by atoms with E-state index in [-0.39, 0.29) is 16.9 Å². The van der Waals surface area contributed by atoms with Gasteiger partial charge in [0.15, 0.2) is 0 Å². The summed E-state index contributed by atoms with van der Waals surface area (Å²) in [7, 11) is 3.50. The Bertz CT molecular complexity index is 1030. The van der Waals surface area contributed by atoms with Crippen molar-refractivity contribution in [2.24, 2.45) is 0 Å². The van der Waals surface area contributed by atoms with Crippen molar-refractivity contribution >= 4 is 64.5 Å². The van der Waals surface area contributed by atoms with Crippen LogP contribution in [-0.2, 0) is 0 Å². The highest BCUT2D eigenvalue weighted by atomic mass is 35.5. The fourth-order valence-electron chi connectivity index (χ4n) is 2.75. The van der Waals surface area contributed by atoms with Gasteiger partial charge >= 0.3 is 0 Å². The van der Waals surface area contributed by atoms with Gasteiger partial charge < -0.3 is 10.2 Å². The summed E-state index contributed by atoms with van der Waals surface area (Å²) in [6, 6.07) is 16.2. The molecule has 150 valence electrons. The van der Waals surface area contributed by atoms with Crippen molar-refractivity contribution in [1.29, 1.82) is 0 Å². The Morgan fingerprint density at radius 1 is 0.966 bits per heavy atom. The Balaban J connectivity index is 2.08. The van der Waals surface area contributed by atoms with Crippen LogP contribution in [-0.4, -0.2) is 20.0 Å². The summed E-state index contributed by atoms with van der Waals surface area (Å²) >= 11 is 16.3. The summed E-state index contributed by atoms with van der Waals surface area (Å²) < 4.78 is 15.5. The van der Waals surface area contributed by atoms with Gasteiger partial charge in [-0.2, -0.15) is 5.12 Å². The second kappa shape index (κ2) is 8.95. The van der Waals surface area contributed by atoms with Gasteiger partial charge in [-0.25, -0.2) is 0 Å². The Hall–Kier alpha value is -2.41. The molecule has 0 saturated carbocycles. The number of nitrogens with zero attached hydrogens (tertiary/aromatic N) is 2. The maximum absolute atomic E-state index is 15.5. The van der Waals surface area contributed by atoms with E-state index in [1.165, 1.54) is 6.07 Å². The summed E-state index contributed by atoms with van der Waals surface area (Å²) in [5.41, 5.74) is 1.41. The minimum absolute atomic E-state index is 0.0813. The third-order valence-corrected chi connectivity index (χ3v) is 4.92. The van der Waals surface area contributed by atoms with Gasteiger partial charge in [0.05, 0.1) is 16.9 Å². The second-order valence-corrected chi connectivity index (χ2v) is 7.86. The highest BCUT2D eigenvalue weighted by Gasteiger charge is 2.24. The molecule has 0 aliphatic carbocycles. The summed E-state index contributed by atoms with van der Waals surface area (Å²) in [6.45, 7) is 0. The largest absolute Gasteiger partial charge is 0.376 e. The molecule has 8 heteroatoms. The molecule has 0 atom stereocenters. The van der Waals surface area contributed by atoms with Crippen LogP contribution in [0.4, 0.5) is 27.2 Å². The van der Waals surface area contributed by atoms with Crippen LogP contribution in [0.15, 0.2) is 65.6 Å². The monoisotopic (exact) mass is 449 g/mol. The van der Waals surface area contributed by atoms with Gasteiger partial charge in [-0.1, -0.05) is 27.7 Å². The number of anilines is 4. The standard InChI is InChI=1S/C21H18Cl2FN3OS/c1-26(2)19-12-14(23)11-18(21(28)25-15-5-3-13(22)4-6-15)20(19)27(24)16-7-9-17(29)10-8-16/h3-12,29H,1-2H3,(H,25,28). The predicted octanol–water partition coefficient (Wildman–Crippen LogP) is 6.62. The van der Waals surface area contributed by atoms with Crippen molar-refractivity contribution in [3.63, 3.8) is 0 Å². The average molecular weight is 450 g/mol. The van der Waals surface area contributed by atoms with E-state index in [4.69, 9.17) is 23.2 Å². The maximum Gasteiger partial charge on any atom is 0.258 e. The van der Waals surface area contributed by atoms with E-state index >= 15 is 4.48 Å². The van der Waals surface area contributed by atoms with E-state index in [9.17, 15) is 4.79 Å². The molecule has 29 heavy (non-hydrogen) atoms. The van der Waals surface area contributed by atoms with E-state index in [1.54, 1.807) is 73.6 Å². The first-order valence-corrected chi connectivity index (χ1v) is 9.79. The highest BCUT2D eigenvalue weighted by Crippen LogP contribution is 2.40. The summed E-state index contributed by atoms with van der Waals surface area (Å²) in [6.07, 6.45) is 0. The Labute approximate surface area is 184 Å². The lowest BCUT2D eigenvalue weighted by molar-refractivity contribution is 0.102. The van der Waals surface area contributed by atoms with Gasteiger partial charge in [-0.3, -0.25) is 4.79 Å².